The number of aliphatic hydroxyl groups is 3. The highest BCUT2D eigenvalue weighted by molar-refractivity contribution is 5.76. The van der Waals surface area contributed by atoms with Crippen LogP contribution in [0.2, 0.25) is 0 Å². The van der Waals surface area contributed by atoms with E-state index in [4.69, 9.17) is 0 Å². The molecule has 10 atom stereocenters. The lowest BCUT2D eigenvalue weighted by molar-refractivity contribution is -0.252. The first-order valence-electron chi connectivity index (χ1n) is 14.0. The SMILES string of the molecule is CC1(C)CC[C@]2(C(=O)O)CC[C@]3(C)C(=CC[C@@H]4[C@@]5(C)CC[C@H](O)[C@@](C)(CO)C5[C@H](O)C[C@]43C)C2C1. The van der Waals surface area contributed by atoms with Gasteiger partial charge in [-0.3, -0.25) is 4.79 Å². The first kappa shape index (κ1) is 25.7. The molecule has 4 saturated carbocycles. The van der Waals surface area contributed by atoms with Crippen molar-refractivity contribution >= 4 is 5.97 Å². The van der Waals surface area contributed by atoms with Crippen LogP contribution in [-0.4, -0.2) is 45.2 Å². The number of hydrogen-bond donors (Lipinski definition) is 4. The molecular weight excluding hydrogens is 440 g/mol. The van der Waals surface area contributed by atoms with Gasteiger partial charge in [-0.15, -0.1) is 0 Å². The van der Waals surface area contributed by atoms with E-state index in [9.17, 15) is 25.2 Å². The summed E-state index contributed by atoms with van der Waals surface area (Å²) in [7, 11) is 0. The lowest BCUT2D eigenvalue weighted by Crippen LogP contribution is -2.69. The maximum Gasteiger partial charge on any atom is 0.310 e. The first-order valence-corrected chi connectivity index (χ1v) is 14.0. The van der Waals surface area contributed by atoms with Gasteiger partial charge >= 0.3 is 5.97 Å². The molecule has 0 amide bonds. The fourth-order valence-electron chi connectivity index (χ4n) is 10.8. The molecule has 0 bridgehead atoms. The van der Waals surface area contributed by atoms with Crippen LogP contribution in [0, 0.1) is 50.2 Å². The number of carboxylic acids is 1. The Morgan fingerprint density at radius 2 is 1.63 bits per heavy atom. The second-order valence-corrected chi connectivity index (χ2v) is 15.1. The van der Waals surface area contributed by atoms with Crippen LogP contribution in [0.15, 0.2) is 11.6 Å². The van der Waals surface area contributed by atoms with Gasteiger partial charge in [0, 0.05) is 11.3 Å². The van der Waals surface area contributed by atoms with Crippen molar-refractivity contribution < 1.29 is 25.2 Å². The van der Waals surface area contributed by atoms with Gasteiger partial charge in [-0.05, 0) is 91.3 Å². The van der Waals surface area contributed by atoms with Gasteiger partial charge in [0.15, 0.2) is 0 Å². The molecule has 5 aliphatic rings. The highest BCUT2D eigenvalue weighted by Gasteiger charge is 2.71. The second kappa shape index (κ2) is 7.57. The summed E-state index contributed by atoms with van der Waals surface area (Å²) in [5, 5.41) is 43.6. The molecule has 0 aliphatic heterocycles. The van der Waals surface area contributed by atoms with Crippen molar-refractivity contribution in [1.29, 1.82) is 0 Å². The van der Waals surface area contributed by atoms with E-state index in [1.54, 1.807) is 0 Å². The number of aliphatic hydroxyl groups excluding tert-OH is 3. The molecule has 4 fully saturated rings. The van der Waals surface area contributed by atoms with E-state index in [0.717, 1.165) is 38.5 Å². The summed E-state index contributed by atoms with van der Waals surface area (Å²) in [6, 6.07) is 0. The van der Waals surface area contributed by atoms with Crippen molar-refractivity contribution in [3.8, 4) is 0 Å². The van der Waals surface area contributed by atoms with Crippen LogP contribution in [0.1, 0.15) is 99.3 Å². The summed E-state index contributed by atoms with van der Waals surface area (Å²) < 4.78 is 0. The molecule has 0 saturated heterocycles. The number of allylic oxidation sites excluding steroid dienone is 2. The van der Waals surface area contributed by atoms with Gasteiger partial charge in [0.05, 0.1) is 24.2 Å². The summed E-state index contributed by atoms with van der Waals surface area (Å²) in [6.45, 7) is 13.5. The molecule has 4 N–H and O–H groups in total. The molecule has 0 radical (unpaired) electrons. The zero-order valence-electron chi connectivity index (χ0n) is 22.7. The summed E-state index contributed by atoms with van der Waals surface area (Å²) in [5.74, 6) is -0.400. The van der Waals surface area contributed by atoms with E-state index in [1.165, 1.54) is 5.57 Å². The van der Waals surface area contributed by atoms with Crippen molar-refractivity contribution in [3.05, 3.63) is 11.6 Å². The third-order valence-corrected chi connectivity index (χ3v) is 13.1. The lowest BCUT2D eigenvalue weighted by Gasteiger charge is -2.72. The maximum absolute atomic E-state index is 12.8. The number of hydrogen-bond acceptors (Lipinski definition) is 4. The Labute approximate surface area is 211 Å². The van der Waals surface area contributed by atoms with Gasteiger partial charge in [0.25, 0.3) is 0 Å². The highest BCUT2D eigenvalue weighted by atomic mass is 16.4. The van der Waals surface area contributed by atoms with E-state index >= 15 is 0 Å². The van der Waals surface area contributed by atoms with Crippen molar-refractivity contribution in [3.63, 3.8) is 0 Å². The molecule has 2 unspecified atom stereocenters. The molecular formula is C30H48O5. The summed E-state index contributed by atoms with van der Waals surface area (Å²) in [6.07, 6.45) is 8.44. The Kier molecular flexibility index (Phi) is 5.56. The second-order valence-electron chi connectivity index (χ2n) is 15.1. The van der Waals surface area contributed by atoms with Crippen molar-refractivity contribution in [2.75, 3.05) is 6.61 Å². The van der Waals surface area contributed by atoms with Crippen LogP contribution in [0.3, 0.4) is 0 Å². The minimum absolute atomic E-state index is 0.0545. The Morgan fingerprint density at radius 1 is 0.971 bits per heavy atom. The fourth-order valence-corrected chi connectivity index (χ4v) is 10.8. The van der Waals surface area contributed by atoms with Crippen LogP contribution in [0.5, 0.6) is 0 Å². The quantitative estimate of drug-likeness (QED) is 0.402. The molecule has 0 aromatic carbocycles. The number of aliphatic carboxylic acids is 1. The van der Waals surface area contributed by atoms with Crippen LogP contribution in [-0.2, 0) is 4.79 Å². The third kappa shape index (κ3) is 3.07. The van der Waals surface area contributed by atoms with E-state index in [1.807, 2.05) is 6.92 Å². The summed E-state index contributed by atoms with van der Waals surface area (Å²) in [4.78, 5) is 12.8. The van der Waals surface area contributed by atoms with Crippen molar-refractivity contribution in [1.82, 2.24) is 0 Å². The Balaban J connectivity index is 1.63. The summed E-state index contributed by atoms with van der Waals surface area (Å²) >= 11 is 0. The van der Waals surface area contributed by atoms with E-state index in [0.29, 0.717) is 25.2 Å². The molecule has 0 aromatic rings. The van der Waals surface area contributed by atoms with Crippen molar-refractivity contribution in [2.45, 2.75) is 112 Å². The van der Waals surface area contributed by atoms with Gasteiger partial charge in [-0.25, -0.2) is 0 Å². The maximum atomic E-state index is 12.8. The predicted octanol–water partition coefficient (Wildman–Crippen LogP) is 5.18. The predicted molar refractivity (Wildman–Crippen MR) is 135 cm³/mol. The number of carboxylic acid groups (broad SMARTS) is 1. The average Bonchev–Trinajstić information content (AvgIpc) is 2.76. The lowest BCUT2D eigenvalue weighted by atomic mass is 9.33. The van der Waals surface area contributed by atoms with E-state index in [2.05, 4.69) is 40.7 Å². The average molecular weight is 489 g/mol. The number of fused-ring (bicyclic) bond motifs is 7. The topological polar surface area (TPSA) is 98.0 Å². The monoisotopic (exact) mass is 488 g/mol. The summed E-state index contributed by atoms with van der Waals surface area (Å²) in [5.41, 5.74) is -0.397. The molecule has 5 rings (SSSR count). The molecule has 35 heavy (non-hydrogen) atoms. The minimum atomic E-state index is -0.711. The zero-order chi connectivity index (χ0) is 25.8. The molecule has 0 aromatic heterocycles. The molecule has 5 heteroatoms. The zero-order valence-corrected chi connectivity index (χ0v) is 22.7. The Morgan fingerprint density at radius 3 is 2.26 bits per heavy atom. The van der Waals surface area contributed by atoms with Crippen LogP contribution < -0.4 is 0 Å². The smallest absolute Gasteiger partial charge is 0.310 e. The van der Waals surface area contributed by atoms with Crippen LogP contribution in [0.25, 0.3) is 0 Å². The fraction of sp³-hybridized carbons (Fsp3) is 0.900. The Bertz CT molecular complexity index is 941. The molecule has 198 valence electrons. The molecule has 0 spiro atoms. The highest BCUT2D eigenvalue weighted by Crippen LogP contribution is 2.75. The van der Waals surface area contributed by atoms with Gasteiger partial charge in [-0.1, -0.05) is 53.2 Å². The van der Waals surface area contributed by atoms with E-state index < -0.39 is 29.0 Å². The van der Waals surface area contributed by atoms with Gasteiger partial charge in [-0.2, -0.15) is 0 Å². The normalized spacial score (nSPS) is 55.0. The van der Waals surface area contributed by atoms with Crippen LogP contribution >= 0.6 is 0 Å². The van der Waals surface area contributed by atoms with Gasteiger partial charge in [0.1, 0.15) is 0 Å². The third-order valence-electron chi connectivity index (χ3n) is 13.1. The number of rotatable bonds is 2. The van der Waals surface area contributed by atoms with Crippen LogP contribution in [0.4, 0.5) is 0 Å². The first-order chi connectivity index (χ1) is 16.1. The Hall–Kier alpha value is -0.910. The molecule has 0 heterocycles. The molecule has 5 nitrogen and oxygen atoms in total. The standard InChI is InChI=1S/C30H48O5/c1-25(2)11-13-30(24(34)35)14-12-28(5)18(19(30)15-25)7-8-21-26(3)10-9-22(33)27(4,17-31)23(26)20(32)16-29(21,28)6/h7,19-23,31-33H,8-17H2,1-6H3,(H,34,35)/t19?,20-,21-,22+,23?,26-,27-,28-,29-,30+/m1/s1. The minimum Gasteiger partial charge on any atom is -0.481 e. The van der Waals surface area contributed by atoms with Crippen molar-refractivity contribution in [2.24, 2.45) is 50.2 Å². The molecule has 5 aliphatic carbocycles. The van der Waals surface area contributed by atoms with Gasteiger partial charge in [0.2, 0.25) is 0 Å². The van der Waals surface area contributed by atoms with Gasteiger partial charge < -0.3 is 20.4 Å². The van der Waals surface area contributed by atoms with E-state index in [-0.39, 0.29) is 40.1 Å². The number of carbonyl (C=O) groups is 1. The largest absolute Gasteiger partial charge is 0.481 e.